The van der Waals surface area contributed by atoms with Crippen LogP contribution in [-0.4, -0.2) is 30.6 Å². The highest BCUT2D eigenvalue weighted by Gasteiger charge is 2.48. The topological polar surface area (TPSA) is 107 Å². The van der Waals surface area contributed by atoms with E-state index in [0.29, 0.717) is 42.7 Å². The molecule has 0 spiro atoms. The van der Waals surface area contributed by atoms with Crippen molar-refractivity contribution in [3.63, 3.8) is 0 Å². The van der Waals surface area contributed by atoms with Crippen molar-refractivity contribution in [1.29, 1.82) is 0 Å². The van der Waals surface area contributed by atoms with Gasteiger partial charge in [-0.3, -0.25) is 19.9 Å². The third kappa shape index (κ3) is 2.59. The molecule has 0 saturated heterocycles. The number of aliphatic imine (C=N–C) groups is 1. The number of fused-ring (bicyclic) bond motifs is 1. The Balaban J connectivity index is 1.95. The number of allylic oxidation sites excluding steroid dienone is 2. The van der Waals surface area contributed by atoms with E-state index in [4.69, 9.17) is 11.6 Å². The first-order valence-corrected chi connectivity index (χ1v) is 10.3. The summed E-state index contributed by atoms with van der Waals surface area (Å²) in [5.41, 5.74) is 1.31. The Morgan fingerprint density at radius 2 is 1.96 bits per heavy atom. The zero-order valence-corrected chi connectivity index (χ0v) is 15.2. The van der Waals surface area contributed by atoms with Gasteiger partial charge >= 0.3 is 0 Å². The molecule has 2 heterocycles. The van der Waals surface area contributed by atoms with Crippen LogP contribution in [0.4, 0.5) is 5.69 Å². The molecule has 1 aromatic carbocycles. The van der Waals surface area contributed by atoms with Crippen LogP contribution in [0.15, 0.2) is 33.8 Å². The summed E-state index contributed by atoms with van der Waals surface area (Å²) in [6.07, 6.45) is 2.00. The van der Waals surface area contributed by atoms with Crippen LogP contribution in [0.1, 0.15) is 37.2 Å². The first kappa shape index (κ1) is 17.4. The predicted octanol–water partition coefficient (Wildman–Crippen LogP) is 3.19. The van der Waals surface area contributed by atoms with E-state index in [2.05, 4.69) is 4.99 Å². The highest BCUT2D eigenvalue weighted by Crippen LogP contribution is 2.49. The fourth-order valence-electron chi connectivity index (χ4n) is 4.10. The minimum absolute atomic E-state index is 0.0260. The molecule has 0 aromatic heterocycles. The Hall–Kier alpha value is -2.06. The van der Waals surface area contributed by atoms with Crippen molar-refractivity contribution in [1.82, 2.24) is 0 Å². The number of carbonyl (C=O) groups excluding carboxylic acids is 1. The smallest absolute Gasteiger partial charge is 0.288 e. The first-order chi connectivity index (χ1) is 12.3. The lowest BCUT2D eigenvalue weighted by molar-refractivity contribution is -0.384. The third-order valence-electron chi connectivity index (χ3n) is 5.21. The van der Waals surface area contributed by atoms with Gasteiger partial charge in [-0.25, -0.2) is 8.42 Å². The van der Waals surface area contributed by atoms with Gasteiger partial charge in [-0.1, -0.05) is 17.7 Å². The van der Waals surface area contributed by atoms with Crippen molar-refractivity contribution < 1.29 is 18.1 Å². The van der Waals surface area contributed by atoms with E-state index in [9.17, 15) is 23.3 Å². The number of ketones is 1. The van der Waals surface area contributed by atoms with E-state index in [0.717, 1.165) is 0 Å². The molecule has 7 nitrogen and oxygen atoms in total. The second kappa shape index (κ2) is 5.99. The number of halogens is 1. The molecule has 9 heteroatoms. The fraction of sp³-hybridized carbons (Fsp3) is 0.412. The maximum atomic E-state index is 12.6. The van der Waals surface area contributed by atoms with Gasteiger partial charge in [-0.15, -0.1) is 0 Å². The molecule has 2 atom stereocenters. The lowest BCUT2D eigenvalue weighted by atomic mass is 9.72. The summed E-state index contributed by atoms with van der Waals surface area (Å²) in [6, 6.07) is 4.25. The second-order valence-corrected chi connectivity index (χ2v) is 9.21. The maximum Gasteiger partial charge on any atom is 0.288 e. The van der Waals surface area contributed by atoms with E-state index in [1.807, 2.05) is 0 Å². The van der Waals surface area contributed by atoms with Crippen LogP contribution in [-0.2, 0) is 14.6 Å². The average Bonchev–Trinajstić information content (AvgIpc) is 2.89. The summed E-state index contributed by atoms with van der Waals surface area (Å²) >= 11 is 5.90. The van der Waals surface area contributed by atoms with Gasteiger partial charge in [0.05, 0.1) is 27.2 Å². The third-order valence-corrected chi connectivity index (χ3v) is 7.43. The minimum atomic E-state index is -3.54. The number of nitrogens with zero attached hydrogens (tertiary/aromatic N) is 2. The molecule has 1 aromatic rings. The summed E-state index contributed by atoms with van der Waals surface area (Å²) in [5, 5.41) is 11.2. The standard InChI is InChI=1S/C17H15ClN2O5S/c18-10-5-4-9(8-13(10)20(22)23)15-16-11(2-1-3-14(16)21)19-12-6-7-26(24,25)17(12)15/h4-5,8,15-16H,1-3,6-7H2. The van der Waals surface area contributed by atoms with Crippen LogP contribution in [0.25, 0.3) is 0 Å². The Morgan fingerprint density at radius 3 is 2.69 bits per heavy atom. The molecule has 0 bridgehead atoms. The van der Waals surface area contributed by atoms with Crippen LogP contribution in [0.3, 0.4) is 0 Å². The van der Waals surface area contributed by atoms with Crippen molar-refractivity contribution in [2.24, 2.45) is 10.9 Å². The first-order valence-electron chi connectivity index (χ1n) is 8.29. The Morgan fingerprint density at radius 1 is 1.19 bits per heavy atom. The molecule has 1 fully saturated rings. The molecule has 26 heavy (non-hydrogen) atoms. The summed E-state index contributed by atoms with van der Waals surface area (Å²) in [5.74, 6) is -1.53. The van der Waals surface area contributed by atoms with E-state index in [-0.39, 0.29) is 27.2 Å². The van der Waals surface area contributed by atoms with Crippen LogP contribution < -0.4 is 0 Å². The number of hydrogen-bond acceptors (Lipinski definition) is 6. The summed E-state index contributed by atoms with van der Waals surface area (Å²) < 4.78 is 25.3. The molecule has 136 valence electrons. The lowest BCUT2D eigenvalue weighted by Gasteiger charge is -2.34. The largest absolute Gasteiger partial charge is 0.299 e. The molecule has 3 aliphatic rings. The van der Waals surface area contributed by atoms with Crippen molar-refractivity contribution in [2.75, 3.05) is 5.75 Å². The van der Waals surface area contributed by atoms with Crippen molar-refractivity contribution in [3.05, 3.63) is 49.5 Å². The number of rotatable bonds is 2. The summed E-state index contributed by atoms with van der Waals surface area (Å²) in [4.78, 5) is 27.9. The maximum absolute atomic E-state index is 12.6. The van der Waals surface area contributed by atoms with Gasteiger partial charge in [0.25, 0.3) is 5.69 Å². The second-order valence-electron chi connectivity index (χ2n) is 6.73. The minimum Gasteiger partial charge on any atom is -0.299 e. The number of hydrogen-bond donors (Lipinski definition) is 0. The number of carbonyl (C=O) groups is 1. The molecule has 2 unspecified atom stereocenters. The molecule has 1 aliphatic carbocycles. The van der Waals surface area contributed by atoms with E-state index >= 15 is 0 Å². The van der Waals surface area contributed by atoms with Crippen molar-refractivity contribution in [3.8, 4) is 0 Å². The molecule has 0 N–H and O–H groups in total. The van der Waals surface area contributed by atoms with Gasteiger partial charge in [0.2, 0.25) is 0 Å². The zero-order chi connectivity index (χ0) is 18.6. The van der Waals surface area contributed by atoms with Crippen LogP contribution in [0, 0.1) is 16.0 Å². The van der Waals surface area contributed by atoms with Gasteiger partial charge in [-0.2, -0.15) is 0 Å². The van der Waals surface area contributed by atoms with E-state index in [1.54, 1.807) is 6.07 Å². The Bertz CT molecular complexity index is 1010. The number of nitro groups is 1. The number of Topliss-reactive ketones (excluding diaryl/α,β-unsaturated/α-hetero) is 1. The van der Waals surface area contributed by atoms with Crippen molar-refractivity contribution in [2.45, 2.75) is 31.6 Å². The van der Waals surface area contributed by atoms with Gasteiger partial charge in [0.1, 0.15) is 10.8 Å². The molecular formula is C17H15ClN2O5S. The molecule has 0 amide bonds. The van der Waals surface area contributed by atoms with Gasteiger partial charge < -0.3 is 0 Å². The van der Waals surface area contributed by atoms with Gasteiger partial charge in [0.15, 0.2) is 9.84 Å². The highest BCUT2D eigenvalue weighted by molar-refractivity contribution is 7.95. The Labute approximate surface area is 154 Å². The van der Waals surface area contributed by atoms with Crippen LogP contribution >= 0.6 is 11.6 Å². The summed E-state index contributed by atoms with van der Waals surface area (Å²) in [7, 11) is -3.54. The quantitative estimate of drug-likeness (QED) is 0.565. The SMILES string of the molecule is O=C1CCCC2=NC3=C(C(c4ccc(Cl)c([N+](=O)[O-])c4)C12)S(=O)(=O)CC3. The molecular weight excluding hydrogens is 380 g/mol. The predicted molar refractivity (Wildman–Crippen MR) is 96.1 cm³/mol. The lowest BCUT2D eigenvalue weighted by Crippen LogP contribution is -2.37. The van der Waals surface area contributed by atoms with E-state index in [1.165, 1.54) is 12.1 Å². The van der Waals surface area contributed by atoms with Crippen molar-refractivity contribution >= 4 is 38.6 Å². The van der Waals surface area contributed by atoms with Gasteiger partial charge in [-0.05, 0) is 24.5 Å². The fourth-order valence-corrected chi connectivity index (χ4v) is 6.14. The molecule has 0 radical (unpaired) electrons. The number of nitro benzene ring substituents is 1. The summed E-state index contributed by atoms with van der Waals surface area (Å²) in [6.45, 7) is 0. The van der Waals surface area contributed by atoms with Crippen LogP contribution in [0.2, 0.25) is 5.02 Å². The van der Waals surface area contributed by atoms with E-state index < -0.39 is 26.6 Å². The zero-order valence-electron chi connectivity index (χ0n) is 13.6. The normalized spacial score (nSPS) is 27.0. The molecule has 2 aliphatic heterocycles. The monoisotopic (exact) mass is 394 g/mol. The van der Waals surface area contributed by atoms with Crippen LogP contribution in [0.5, 0.6) is 0 Å². The number of benzene rings is 1. The number of sulfone groups is 1. The Kier molecular flexibility index (Phi) is 4.00. The molecule has 4 rings (SSSR count). The molecule has 1 saturated carbocycles. The van der Waals surface area contributed by atoms with Gasteiger partial charge in [0, 0.05) is 30.5 Å². The highest BCUT2D eigenvalue weighted by atomic mass is 35.5. The average molecular weight is 395 g/mol.